The van der Waals surface area contributed by atoms with Crippen LogP contribution in [0.3, 0.4) is 0 Å². The molecule has 1 fully saturated rings. The van der Waals surface area contributed by atoms with Crippen molar-refractivity contribution in [3.8, 4) is 0 Å². The van der Waals surface area contributed by atoms with E-state index in [2.05, 4.69) is 64.1 Å². The molecule has 1 amide bonds. The number of aryl methyl sites for hydroxylation is 2. The second-order valence-corrected chi connectivity index (χ2v) is 9.56. The Kier molecular flexibility index (Phi) is 6.21. The summed E-state index contributed by atoms with van der Waals surface area (Å²) in [5, 5.41) is 0.779. The van der Waals surface area contributed by atoms with Gasteiger partial charge in [0.25, 0.3) is 0 Å². The van der Waals surface area contributed by atoms with E-state index >= 15 is 0 Å². The van der Waals surface area contributed by atoms with E-state index in [9.17, 15) is 4.79 Å². The number of benzene rings is 2. The van der Waals surface area contributed by atoms with E-state index < -0.39 is 0 Å². The number of carbonyl (C=O) groups is 1. The number of hydrogen-bond donors (Lipinski definition) is 0. The van der Waals surface area contributed by atoms with Crippen LogP contribution in [0.5, 0.6) is 0 Å². The Balaban J connectivity index is 1.63. The summed E-state index contributed by atoms with van der Waals surface area (Å²) >= 11 is 1.61. The molecule has 0 saturated carbocycles. The van der Waals surface area contributed by atoms with Gasteiger partial charge < -0.3 is 4.74 Å². The van der Waals surface area contributed by atoms with Crippen LogP contribution in [0.15, 0.2) is 36.4 Å². The first-order chi connectivity index (χ1) is 14.4. The minimum absolute atomic E-state index is 0.0807. The lowest BCUT2D eigenvalue weighted by atomic mass is 10.0. The zero-order chi connectivity index (χ0) is 21.3. The number of rotatable bonds is 6. The molecule has 1 saturated heterocycles. The summed E-state index contributed by atoms with van der Waals surface area (Å²) in [6.45, 7) is 9.89. The van der Waals surface area contributed by atoms with Crippen molar-refractivity contribution in [1.82, 2.24) is 4.98 Å². The molecule has 2 heterocycles. The quantitative estimate of drug-likeness (QED) is 0.505. The number of anilines is 1. The molecule has 0 aliphatic carbocycles. The Labute approximate surface area is 182 Å². The minimum atomic E-state index is 0.0807. The molecule has 30 heavy (non-hydrogen) atoms. The van der Waals surface area contributed by atoms with Crippen molar-refractivity contribution in [2.75, 3.05) is 18.1 Å². The van der Waals surface area contributed by atoms with Gasteiger partial charge in [0.1, 0.15) is 0 Å². The van der Waals surface area contributed by atoms with Crippen molar-refractivity contribution in [2.24, 2.45) is 0 Å². The van der Waals surface area contributed by atoms with Gasteiger partial charge >= 0.3 is 0 Å². The molecular formula is C25H30N2O2S. The first kappa shape index (κ1) is 21.0. The highest BCUT2D eigenvalue weighted by atomic mass is 32.1. The maximum Gasteiger partial charge on any atom is 0.233 e. The van der Waals surface area contributed by atoms with E-state index in [1.54, 1.807) is 11.3 Å². The average Bonchev–Trinajstić information content (AvgIpc) is 3.39. The van der Waals surface area contributed by atoms with Crippen LogP contribution in [0.2, 0.25) is 0 Å². The molecule has 5 heteroatoms. The molecule has 1 aliphatic heterocycles. The van der Waals surface area contributed by atoms with Gasteiger partial charge in [0, 0.05) is 6.61 Å². The fourth-order valence-electron chi connectivity index (χ4n) is 3.93. The standard InChI is InChI=1S/C25H30N2O2S/c1-16(2)20-11-9-19(10-12-20)14-22(28)27(15-21-6-5-13-29-21)25-26-23-17(3)7-8-18(4)24(23)30-25/h7-12,16,21H,5-6,13-15H2,1-4H3. The van der Waals surface area contributed by atoms with E-state index in [-0.39, 0.29) is 12.0 Å². The molecule has 0 radical (unpaired) electrons. The Hall–Kier alpha value is -2.24. The predicted molar refractivity (Wildman–Crippen MR) is 125 cm³/mol. The topological polar surface area (TPSA) is 42.4 Å². The molecule has 158 valence electrons. The van der Waals surface area contributed by atoms with Gasteiger partial charge in [-0.25, -0.2) is 4.98 Å². The lowest BCUT2D eigenvalue weighted by molar-refractivity contribution is -0.118. The molecule has 0 N–H and O–H groups in total. The number of amides is 1. The molecule has 1 aliphatic rings. The van der Waals surface area contributed by atoms with Gasteiger partial charge in [-0.2, -0.15) is 0 Å². The molecule has 4 rings (SSSR count). The van der Waals surface area contributed by atoms with E-state index in [4.69, 9.17) is 9.72 Å². The average molecular weight is 423 g/mol. The second-order valence-electron chi connectivity index (χ2n) is 8.59. The lowest BCUT2D eigenvalue weighted by Gasteiger charge is -2.23. The van der Waals surface area contributed by atoms with Gasteiger partial charge in [0.05, 0.1) is 29.3 Å². The summed E-state index contributed by atoms with van der Waals surface area (Å²) in [5.74, 6) is 0.567. The summed E-state index contributed by atoms with van der Waals surface area (Å²) < 4.78 is 7.02. The van der Waals surface area contributed by atoms with Gasteiger partial charge in [-0.1, -0.05) is 61.6 Å². The molecule has 1 atom stereocenters. The van der Waals surface area contributed by atoms with Crippen molar-refractivity contribution >= 4 is 32.6 Å². The number of thiazole rings is 1. The first-order valence-corrected chi connectivity index (χ1v) is 11.6. The van der Waals surface area contributed by atoms with Gasteiger partial charge in [-0.3, -0.25) is 9.69 Å². The molecular weight excluding hydrogens is 392 g/mol. The van der Waals surface area contributed by atoms with Crippen LogP contribution in [0.4, 0.5) is 5.13 Å². The van der Waals surface area contributed by atoms with Gasteiger partial charge in [-0.15, -0.1) is 0 Å². The third-order valence-electron chi connectivity index (χ3n) is 5.87. The number of fused-ring (bicyclic) bond motifs is 1. The Morgan fingerprint density at radius 3 is 2.53 bits per heavy atom. The molecule has 1 aromatic heterocycles. The fraction of sp³-hybridized carbons (Fsp3) is 0.440. The molecule has 3 aromatic rings. The number of aromatic nitrogens is 1. The zero-order valence-electron chi connectivity index (χ0n) is 18.3. The van der Waals surface area contributed by atoms with Crippen molar-refractivity contribution in [1.29, 1.82) is 0 Å². The van der Waals surface area contributed by atoms with Gasteiger partial charge in [0.15, 0.2) is 5.13 Å². The third-order valence-corrected chi connectivity index (χ3v) is 7.09. The normalized spacial score (nSPS) is 16.5. The second kappa shape index (κ2) is 8.86. The van der Waals surface area contributed by atoms with Crippen molar-refractivity contribution in [3.05, 3.63) is 58.7 Å². The first-order valence-electron chi connectivity index (χ1n) is 10.8. The summed E-state index contributed by atoms with van der Waals surface area (Å²) in [6.07, 6.45) is 2.52. The lowest BCUT2D eigenvalue weighted by Crippen LogP contribution is -2.38. The fourth-order valence-corrected chi connectivity index (χ4v) is 5.07. The highest BCUT2D eigenvalue weighted by Gasteiger charge is 2.26. The van der Waals surface area contributed by atoms with E-state index in [1.165, 1.54) is 11.1 Å². The molecule has 1 unspecified atom stereocenters. The minimum Gasteiger partial charge on any atom is -0.376 e. The summed E-state index contributed by atoms with van der Waals surface area (Å²) in [7, 11) is 0. The van der Waals surface area contributed by atoms with Crippen LogP contribution in [0.1, 0.15) is 54.9 Å². The maximum absolute atomic E-state index is 13.4. The van der Waals surface area contributed by atoms with Gasteiger partial charge in [0.2, 0.25) is 5.91 Å². The van der Waals surface area contributed by atoms with Gasteiger partial charge in [-0.05, 0) is 54.9 Å². The smallest absolute Gasteiger partial charge is 0.233 e. The number of hydrogen-bond acceptors (Lipinski definition) is 4. The molecule has 0 bridgehead atoms. The predicted octanol–water partition coefficient (Wildman–Crippen LogP) is 5.79. The van der Waals surface area contributed by atoms with E-state index in [0.29, 0.717) is 18.9 Å². The summed E-state index contributed by atoms with van der Waals surface area (Å²) in [6, 6.07) is 12.6. The molecule has 4 nitrogen and oxygen atoms in total. The highest BCUT2D eigenvalue weighted by molar-refractivity contribution is 7.22. The zero-order valence-corrected chi connectivity index (χ0v) is 19.1. The number of carbonyl (C=O) groups excluding carboxylic acids is 1. The monoisotopic (exact) mass is 422 g/mol. The van der Waals surface area contributed by atoms with E-state index in [1.807, 2.05) is 4.90 Å². The van der Waals surface area contributed by atoms with Crippen LogP contribution in [0, 0.1) is 13.8 Å². The van der Waals surface area contributed by atoms with Crippen molar-refractivity contribution in [2.45, 2.75) is 59.0 Å². The highest BCUT2D eigenvalue weighted by Crippen LogP contribution is 2.34. The number of ether oxygens (including phenoxy) is 1. The van der Waals surface area contributed by atoms with Crippen LogP contribution >= 0.6 is 11.3 Å². The van der Waals surface area contributed by atoms with Crippen molar-refractivity contribution in [3.63, 3.8) is 0 Å². The Bertz CT molecular complexity index is 994. The molecule has 2 aromatic carbocycles. The largest absolute Gasteiger partial charge is 0.376 e. The third kappa shape index (κ3) is 4.42. The van der Waals surface area contributed by atoms with Crippen LogP contribution in [-0.2, 0) is 16.0 Å². The Morgan fingerprint density at radius 1 is 1.17 bits per heavy atom. The number of nitrogens with zero attached hydrogens (tertiary/aromatic N) is 2. The maximum atomic E-state index is 13.4. The summed E-state index contributed by atoms with van der Waals surface area (Å²) in [4.78, 5) is 20.1. The van der Waals surface area contributed by atoms with Crippen molar-refractivity contribution < 1.29 is 9.53 Å². The SMILES string of the molecule is Cc1ccc(C)c2sc(N(CC3CCCO3)C(=O)Cc3ccc(C(C)C)cc3)nc12. The van der Waals surface area contributed by atoms with E-state index in [0.717, 1.165) is 45.9 Å². The summed E-state index contributed by atoms with van der Waals surface area (Å²) in [5.41, 5.74) is 5.68. The van der Waals surface area contributed by atoms with Crippen LogP contribution < -0.4 is 4.90 Å². The van der Waals surface area contributed by atoms with Crippen LogP contribution in [0.25, 0.3) is 10.2 Å². The Morgan fingerprint density at radius 2 is 1.90 bits per heavy atom. The van der Waals surface area contributed by atoms with Crippen LogP contribution in [-0.4, -0.2) is 30.1 Å². The molecule has 0 spiro atoms.